The molecule has 2 N–H and O–H groups in total. The summed E-state index contributed by atoms with van der Waals surface area (Å²) in [6, 6.07) is 8.45. The van der Waals surface area contributed by atoms with Gasteiger partial charge in [-0.15, -0.1) is 0 Å². The van der Waals surface area contributed by atoms with Crippen LogP contribution in [0.4, 0.5) is 5.69 Å². The third-order valence-corrected chi connectivity index (χ3v) is 4.21. The summed E-state index contributed by atoms with van der Waals surface area (Å²) >= 11 is 0. The minimum absolute atomic E-state index is 0.0103. The smallest absolute Gasteiger partial charge is 0.223 e. The van der Waals surface area contributed by atoms with Crippen molar-refractivity contribution in [3.63, 3.8) is 0 Å². The molecule has 0 spiro atoms. The van der Waals surface area contributed by atoms with E-state index in [1.807, 2.05) is 19.0 Å². The Balaban J connectivity index is 2.32. The van der Waals surface area contributed by atoms with Crippen LogP contribution in [0, 0.1) is 0 Å². The van der Waals surface area contributed by atoms with E-state index in [2.05, 4.69) is 36.1 Å². The lowest BCUT2D eigenvalue weighted by molar-refractivity contribution is -0.133. The molecule has 0 aliphatic carbocycles. The van der Waals surface area contributed by atoms with E-state index in [0.29, 0.717) is 6.42 Å². The molecule has 21 heavy (non-hydrogen) atoms. The highest BCUT2D eigenvalue weighted by atomic mass is 16.2. The number of amides is 1. The van der Waals surface area contributed by atoms with Crippen molar-refractivity contribution < 1.29 is 4.79 Å². The van der Waals surface area contributed by atoms with E-state index < -0.39 is 0 Å². The number of benzene rings is 1. The maximum Gasteiger partial charge on any atom is 0.223 e. The van der Waals surface area contributed by atoms with Crippen molar-refractivity contribution in [2.75, 3.05) is 25.5 Å². The summed E-state index contributed by atoms with van der Waals surface area (Å²) in [4.78, 5) is 16.4. The average molecular weight is 289 g/mol. The van der Waals surface area contributed by atoms with E-state index in [-0.39, 0.29) is 18.0 Å². The van der Waals surface area contributed by atoms with E-state index in [1.54, 1.807) is 0 Å². The van der Waals surface area contributed by atoms with Crippen molar-refractivity contribution in [2.45, 2.75) is 44.7 Å². The maximum atomic E-state index is 12.4. The summed E-state index contributed by atoms with van der Waals surface area (Å²) in [6.07, 6.45) is 3.39. The summed E-state index contributed by atoms with van der Waals surface area (Å²) < 4.78 is 0. The number of anilines is 1. The number of hydrogen-bond donors (Lipinski definition) is 1. The molecule has 0 aromatic heterocycles. The largest absolute Gasteiger partial charge is 0.378 e. The van der Waals surface area contributed by atoms with Gasteiger partial charge in [0.1, 0.15) is 0 Å². The van der Waals surface area contributed by atoms with Crippen molar-refractivity contribution in [3.8, 4) is 0 Å². The molecule has 4 heteroatoms. The van der Waals surface area contributed by atoms with E-state index in [9.17, 15) is 4.79 Å². The molecule has 1 heterocycles. The molecule has 4 nitrogen and oxygen atoms in total. The molecular formula is C17H27N3O. The molecule has 116 valence electrons. The highest BCUT2D eigenvalue weighted by molar-refractivity contribution is 5.77. The first-order valence-corrected chi connectivity index (χ1v) is 7.87. The minimum Gasteiger partial charge on any atom is -0.378 e. The second-order valence-corrected chi connectivity index (χ2v) is 6.07. The van der Waals surface area contributed by atoms with Gasteiger partial charge in [-0.05, 0) is 37.0 Å². The molecule has 1 aromatic carbocycles. The van der Waals surface area contributed by atoms with Crippen LogP contribution in [0.1, 0.15) is 44.2 Å². The SMILES string of the molecule is CCCN1C(=O)CCCC(N)C1c1ccc(N(C)C)cc1. The van der Waals surface area contributed by atoms with Gasteiger partial charge in [0.25, 0.3) is 0 Å². The zero-order valence-corrected chi connectivity index (χ0v) is 13.4. The molecule has 1 aromatic rings. The van der Waals surface area contributed by atoms with Gasteiger partial charge in [0.2, 0.25) is 5.91 Å². The van der Waals surface area contributed by atoms with Crippen LogP contribution in [-0.2, 0) is 4.79 Å². The Morgan fingerprint density at radius 3 is 2.52 bits per heavy atom. The van der Waals surface area contributed by atoms with Gasteiger partial charge in [0.05, 0.1) is 6.04 Å². The summed E-state index contributed by atoms with van der Waals surface area (Å²) in [5.41, 5.74) is 8.70. The van der Waals surface area contributed by atoms with Crippen molar-refractivity contribution in [2.24, 2.45) is 5.73 Å². The van der Waals surface area contributed by atoms with Crippen molar-refractivity contribution in [3.05, 3.63) is 29.8 Å². The highest BCUT2D eigenvalue weighted by Gasteiger charge is 2.32. The topological polar surface area (TPSA) is 49.6 Å². The zero-order chi connectivity index (χ0) is 15.4. The third-order valence-electron chi connectivity index (χ3n) is 4.21. The van der Waals surface area contributed by atoms with Gasteiger partial charge in [0, 0.05) is 38.8 Å². The number of nitrogens with two attached hydrogens (primary N) is 1. The summed E-state index contributed by atoms with van der Waals surface area (Å²) in [5.74, 6) is 0.242. The van der Waals surface area contributed by atoms with Crippen molar-refractivity contribution >= 4 is 11.6 Å². The Labute approximate surface area is 127 Å². The van der Waals surface area contributed by atoms with E-state index >= 15 is 0 Å². The van der Waals surface area contributed by atoms with Crippen LogP contribution in [0.3, 0.4) is 0 Å². The molecule has 2 atom stereocenters. The van der Waals surface area contributed by atoms with Gasteiger partial charge >= 0.3 is 0 Å². The fraction of sp³-hybridized carbons (Fsp3) is 0.588. The lowest BCUT2D eigenvalue weighted by Gasteiger charge is -2.34. The van der Waals surface area contributed by atoms with Crippen LogP contribution in [-0.4, -0.2) is 37.5 Å². The van der Waals surface area contributed by atoms with Crippen LogP contribution >= 0.6 is 0 Å². The van der Waals surface area contributed by atoms with Gasteiger partial charge in [-0.3, -0.25) is 4.79 Å². The fourth-order valence-corrected chi connectivity index (χ4v) is 3.08. The second-order valence-electron chi connectivity index (χ2n) is 6.07. The molecule has 1 aliphatic rings. The lowest BCUT2D eigenvalue weighted by Crippen LogP contribution is -2.42. The minimum atomic E-state index is 0.0103. The summed E-state index contributed by atoms with van der Waals surface area (Å²) in [6.45, 7) is 2.89. The number of hydrogen-bond acceptors (Lipinski definition) is 3. The lowest BCUT2D eigenvalue weighted by atomic mass is 9.96. The summed E-state index contributed by atoms with van der Waals surface area (Å²) in [5, 5.41) is 0. The number of rotatable bonds is 4. The number of carbonyl (C=O) groups excluding carboxylic acids is 1. The molecule has 1 amide bonds. The molecule has 0 saturated carbocycles. The molecule has 1 saturated heterocycles. The fourth-order valence-electron chi connectivity index (χ4n) is 3.08. The molecule has 2 rings (SSSR count). The second kappa shape index (κ2) is 6.94. The number of carbonyl (C=O) groups is 1. The van der Waals surface area contributed by atoms with Gasteiger partial charge < -0.3 is 15.5 Å². The van der Waals surface area contributed by atoms with E-state index in [1.165, 1.54) is 0 Å². The van der Waals surface area contributed by atoms with Crippen molar-refractivity contribution in [1.82, 2.24) is 4.90 Å². The van der Waals surface area contributed by atoms with E-state index in [4.69, 9.17) is 5.73 Å². The van der Waals surface area contributed by atoms with Crippen LogP contribution in [0.15, 0.2) is 24.3 Å². The monoisotopic (exact) mass is 289 g/mol. The highest BCUT2D eigenvalue weighted by Crippen LogP contribution is 2.31. The number of nitrogens with zero attached hydrogens (tertiary/aromatic N) is 2. The van der Waals surface area contributed by atoms with E-state index in [0.717, 1.165) is 37.1 Å². The molecular weight excluding hydrogens is 262 g/mol. The Kier molecular flexibility index (Phi) is 5.23. The predicted octanol–water partition coefficient (Wildman–Crippen LogP) is 2.54. The molecule has 1 aliphatic heterocycles. The summed E-state index contributed by atoms with van der Waals surface area (Å²) in [7, 11) is 4.05. The first kappa shape index (κ1) is 15.8. The van der Waals surface area contributed by atoms with Crippen LogP contribution in [0.25, 0.3) is 0 Å². The molecule has 0 bridgehead atoms. The van der Waals surface area contributed by atoms with Gasteiger partial charge in [-0.1, -0.05) is 19.1 Å². The Morgan fingerprint density at radius 1 is 1.29 bits per heavy atom. The van der Waals surface area contributed by atoms with Crippen LogP contribution < -0.4 is 10.6 Å². The Hall–Kier alpha value is -1.55. The molecule has 0 radical (unpaired) electrons. The Bertz CT molecular complexity index is 469. The zero-order valence-electron chi connectivity index (χ0n) is 13.4. The predicted molar refractivity (Wildman–Crippen MR) is 87.3 cm³/mol. The number of likely N-dealkylation sites (tertiary alicyclic amines) is 1. The standard InChI is InChI=1S/C17H27N3O/c1-4-12-20-16(21)7-5-6-15(18)17(20)13-8-10-14(11-9-13)19(2)3/h8-11,15,17H,4-7,12,18H2,1-3H3. The van der Waals surface area contributed by atoms with Gasteiger partial charge in [-0.25, -0.2) is 0 Å². The van der Waals surface area contributed by atoms with Crippen LogP contribution in [0.5, 0.6) is 0 Å². The normalized spacial score (nSPS) is 23.0. The molecule has 1 fully saturated rings. The maximum absolute atomic E-state index is 12.4. The first-order valence-electron chi connectivity index (χ1n) is 7.87. The quantitative estimate of drug-likeness (QED) is 0.926. The molecule has 2 unspecified atom stereocenters. The first-order chi connectivity index (χ1) is 10.0. The van der Waals surface area contributed by atoms with Crippen LogP contribution in [0.2, 0.25) is 0 Å². The Morgan fingerprint density at radius 2 is 1.95 bits per heavy atom. The van der Waals surface area contributed by atoms with Gasteiger partial charge in [0.15, 0.2) is 0 Å². The average Bonchev–Trinajstić information content (AvgIpc) is 2.59. The third kappa shape index (κ3) is 3.56. The van der Waals surface area contributed by atoms with Gasteiger partial charge in [-0.2, -0.15) is 0 Å². The van der Waals surface area contributed by atoms with Crippen molar-refractivity contribution in [1.29, 1.82) is 0 Å².